The summed E-state index contributed by atoms with van der Waals surface area (Å²) in [5.74, 6) is 1.21. The molecular weight excluding hydrogens is 383 g/mol. The lowest BCUT2D eigenvalue weighted by molar-refractivity contribution is 0.441. The van der Waals surface area contributed by atoms with Crippen LogP contribution in [0.15, 0.2) is 66.2 Å². The summed E-state index contributed by atoms with van der Waals surface area (Å²) >= 11 is 0. The number of rotatable bonds is 10. The molecule has 0 saturated carbocycles. The van der Waals surface area contributed by atoms with Gasteiger partial charge in [-0.2, -0.15) is 0 Å². The Morgan fingerprint density at radius 3 is 2.53 bits per heavy atom. The molecule has 30 heavy (non-hydrogen) atoms. The number of aliphatic imine (C=N–C) groups is 1. The largest absolute Gasteiger partial charge is 0.454 e. The first kappa shape index (κ1) is 21.3. The van der Waals surface area contributed by atoms with Gasteiger partial charge in [-0.05, 0) is 49.1 Å². The quantitative estimate of drug-likeness (QED) is 0.304. The highest BCUT2D eigenvalue weighted by atomic mass is 19.1. The molecule has 0 fully saturated rings. The van der Waals surface area contributed by atoms with Gasteiger partial charge in [0.05, 0.1) is 0 Å². The van der Waals surface area contributed by atoms with Crippen LogP contribution < -0.4 is 15.4 Å². The van der Waals surface area contributed by atoms with Gasteiger partial charge in [0.25, 0.3) is 0 Å². The molecule has 0 aliphatic heterocycles. The van der Waals surface area contributed by atoms with Crippen molar-refractivity contribution >= 4 is 5.96 Å². The predicted octanol–water partition coefficient (Wildman–Crippen LogP) is 3.40. The molecule has 0 atom stereocenters. The number of hydrogen-bond donors (Lipinski definition) is 2. The molecule has 0 bridgehead atoms. The molecule has 2 aromatic carbocycles. The maximum absolute atomic E-state index is 14.3. The van der Waals surface area contributed by atoms with Crippen LogP contribution in [0.5, 0.6) is 11.5 Å². The van der Waals surface area contributed by atoms with Gasteiger partial charge in [-0.15, -0.1) is 10.2 Å². The van der Waals surface area contributed by atoms with Crippen LogP contribution in [0.4, 0.5) is 4.39 Å². The fourth-order valence-corrected chi connectivity index (χ4v) is 2.91. The molecule has 158 valence electrons. The SMILES string of the molecule is CN=C(NCCCCn1cnnc1)NCCc1ccc(Oc2ccccc2)c(F)c1. The molecule has 3 rings (SSSR count). The van der Waals surface area contributed by atoms with Crippen LogP contribution in [0.3, 0.4) is 0 Å². The highest BCUT2D eigenvalue weighted by molar-refractivity contribution is 5.79. The minimum absolute atomic E-state index is 0.224. The Kier molecular flexibility index (Phi) is 8.20. The summed E-state index contributed by atoms with van der Waals surface area (Å²) in [6.07, 6.45) is 6.15. The lowest BCUT2D eigenvalue weighted by Crippen LogP contribution is -2.38. The monoisotopic (exact) mass is 410 g/mol. The summed E-state index contributed by atoms with van der Waals surface area (Å²) in [5, 5.41) is 14.1. The molecule has 7 nitrogen and oxygen atoms in total. The molecule has 1 heterocycles. The molecule has 8 heteroatoms. The van der Waals surface area contributed by atoms with Gasteiger partial charge >= 0.3 is 0 Å². The van der Waals surface area contributed by atoms with Crippen molar-refractivity contribution in [1.29, 1.82) is 0 Å². The van der Waals surface area contributed by atoms with Crippen molar-refractivity contribution in [2.24, 2.45) is 4.99 Å². The Morgan fingerprint density at radius 2 is 1.80 bits per heavy atom. The van der Waals surface area contributed by atoms with Crippen molar-refractivity contribution in [3.8, 4) is 11.5 Å². The minimum atomic E-state index is -0.369. The van der Waals surface area contributed by atoms with Crippen LogP contribution >= 0.6 is 0 Å². The lowest BCUT2D eigenvalue weighted by atomic mass is 10.1. The predicted molar refractivity (Wildman–Crippen MR) is 115 cm³/mol. The fraction of sp³-hybridized carbons (Fsp3) is 0.318. The molecule has 0 radical (unpaired) electrons. The molecule has 1 aromatic heterocycles. The zero-order chi connectivity index (χ0) is 21.0. The van der Waals surface area contributed by atoms with E-state index in [1.54, 1.807) is 37.9 Å². The van der Waals surface area contributed by atoms with Gasteiger partial charge in [0.2, 0.25) is 0 Å². The summed E-state index contributed by atoms with van der Waals surface area (Å²) in [6, 6.07) is 14.2. The summed E-state index contributed by atoms with van der Waals surface area (Å²) < 4.78 is 21.9. The average molecular weight is 410 g/mol. The number of guanidine groups is 1. The van der Waals surface area contributed by atoms with E-state index in [1.807, 2.05) is 28.8 Å². The van der Waals surface area contributed by atoms with Crippen molar-refractivity contribution in [3.05, 3.63) is 72.6 Å². The highest BCUT2D eigenvalue weighted by Crippen LogP contribution is 2.24. The van der Waals surface area contributed by atoms with E-state index in [2.05, 4.69) is 25.8 Å². The maximum Gasteiger partial charge on any atom is 0.190 e. The van der Waals surface area contributed by atoms with Gasteiger partial charge in [0.15, 0.2) is 17.5 Å². The smallest absolute Gasteiger partial charge is 0.190 e. The molecule has 0 saturated heterocycles. The second-order valence-corrected chi connectivity index (χ2v) is 6.76. The standard InChI is InChI=1S/C22H27FN6O/c1-24-22(25-12-5-6-14-29-16-27-28-17-29)26-13-11-18-9-10-21(20(23)15-18)30-19-7-3-2-4-8-19/h2-4,7-10,15-17H,5-6,11-14H2,1H3,(H2,24,25,26). The van der Waals surface area contributed by atoms with Crippen molar-refractivity contribution in [2.45, 2.75) is 25.8 Å². The summed E-state index contributed by atoms with van der Waals surface area (Å²) in [7, 11) is 1.74. The van der Waals surface area contributed by atoms with Crippen LogP contribution in [-0.2, 0) is 13.0 Å². The van der Waals surface area contributed by atoms with E-state index in [0.717, 1.165) is 37.5 Å². The lowest BCUT2D eigenvalue weighted by Gasteiger charge is -2.12. The second-order valence-electron chi connectivity index (χ2n) is 6.76. The number of halogens is 1. The number of ether oxygens (including phenoxy) is 1. The van der Waals surface area contributed by atoms with Crippen LogP contribution in [0.25, 0.3) is 0 Å². The zero-order valence-corrected chi connectivity index (χ0v) is 17.1. The van der Waals surface area contributed by atoms with Crippen molar-refractivity contribution in [2.75, 3.05) is 20.1 Å². The van der Waals surface area contributed by atoms with Crippen LogP contribution in [0.1, 0.15) is 18.4 Å². The third-order valence-electron chi connectivity index (χ3n) is 4.50. The third kappa shape index (κ3) is 6.88. The third-order valence-corrected chi connectivity index (χ3v) is 4.50. The van der Waals surface area contributed by atoms with Crippen molar-refractivity contribution in [3.63, 3.8) is 0 Å². The Morgan fingerprint density at radius 1 is 1.03 bits per heavy atom. The second kappa shape index (κ2) is 11.5. The number of nitrogens with one attached hydrogen (secondary N) is 2. The molecule has 0 aliphatic rings. The van der Waals surface area contributed by atoms with E-state index in [1.165, 1.54) is 6.07 Å². The van der Waals surface area contributed by atoms with Gasteiger partial charge in [-0.1, -0.05) is 24.3 Å². The first-order chi connectivity index (χ1) is 14.7. The van der Waals surface area contributed by atoms with Gasteiger partial charge in [0, 0.05) is 26.7 Å². The topological polar surface area (TPSA) is 76.4 Å². The molecule has 2 N–H and O–H groups in total. The number of para-hydroxylation sites is 1. The average Bonchev–Trinajstić information content (AvgIpc) is 3.28. The van der Waals surface area contributed by atoms with Gasteiger partial charge in [-0.3, -0.25) is 4.99 Å². The van der Waals surface area contributed by atoms with Crippen LogP contribution in [0.2, 0.25) is 0 Å². The van der Waals surface area contributed by atoms with E-state index in [9.17, 15) is 4.39 Å². The molecular formula is C22H27FN6O. The summed E-state index contributed by atoms with van der Waals surface area (Å²) in [5.41, 5.74) is 0.893. The van der Waals surface area contributed by atoms with E-state index in [4.69, 9.17) is 4.74 Å². The van der Waals surface area contributed by atoms with Crippen molar-refractivity contribution < 1.29 is 9.13 Å². The highest BCUT2D eigenvalue weighted by Gasteiger charge is 2.06. The van der Waals surface area contributed by atoms with Crippen LogP contribution in [-0.4, -0.2) is 40.9 Å². The van der Waals surface area contributed by atoms with Crippen LogP contribution in [0, 0.1) is 5.82 Å². The molecule has 3 aromatic rings. The Bertz CT molecular complexity index is 915. The van der Waals surface area contributed by atoms with E-state index >= 15 is 0 Å². The molecule has 0 spiro atoms. The summed E-state index contributed by atoms with van der Waals surface area (Å²) in [6.45, 7) is 2.37. The van der Waals surface area contributed by atoms with Gasteiger partial charge in [0.1, 0.15) is 18.4 Å². The van der Waals surface area contributed by atoms with Crippen molar-refractivity contribution in [1.82, 2.24) is 25.4 Å². The first-order valence-electron chi connectivity index (χ1n) is 10.0. The van der Waals surface area contributed by atoms with E-state index in [-0.39, 0.29) is 11.6 Å². The number of aromatic nitrogens is 3. The van der Waals surface area contributed by atoms with E-state index < -0.39 is 0 Å². The minimum Gasteiger partial charge on any atom is -0.454 e. The number of hydrogen-bond acceptors (Lipinski definition) is 4. The van der Waals surface area contributed by atoms with Gasteiger partial charge < -0.3 is 19.9 Å². The van der Waals surface area contributed by atoms with E-state index in [0.29, 0.717) is 18.7 Å². The number of aryl methyl sites for hydroxylation is 1. The number of unbranched alkanes of at least 4 members (excludes halogenated alkanes) is 1. The number of nitrogens with zero attached hydrogens (tertiary/aromatic N) is 4. The molecule has 0 unspecified atom stereocenters. The molecule has 0 aliphatic carbocycles. The Labute approximate surface area is 176 Å². The first-order valence-corrected chi connectivity index (χ1v) is 10.0. The molecule has 0 amide bonds. The zero-order valence-electron chi connectivity index (χ0n) is 17.1. The van der Waals surface area contributed by atoms with Gasteiger partial charge in [-0.25, -0.2) is 4.39 Å². The number of benzene rings is 2. The maximum atomic E-state index is 14.3. The Hall–Kier alpha value is -3.42. The Balaban J connectivity index is 1.36. The normalized spacial score (nSPS) is 11.3. The fourth-order valence-electron chi connectivity index (χ4n) is 2.91. The summed E-state index contributed by atoms with van der Waals surface area (Å²) in [4.78, 5) is 4.22.